The van der Waals surface area contributed by atoms with Gasteiger partial charge in [-0.2, -0.15) is 0 Å². The predicted molar refractivity (Wildman–Crippen MR) is 101 cm³/mol. The van der Waals surface area contributed by atoms with Crippen LogP contribution in [0.2, 0.25) is 5.02 Å². The fraction of sp³-hybridized carbons (Fsp3) is 0.222. The Labute approximate surface area is 158 Å². The second kappa shape index (κ2) is 8.82. The van der Waals surface area contributed by atoms with Crippen LogP contribution in [-0.4, -0.2) is 33.6 Å². The molecular formula is C18H18ClNO5S. The van der Waals surface area contributed by atoms with E-state index in [0.717, 1.165) is 0 Å². The quantitative estimate of drug-likeness (QED) is 0.750. The maximum Gasteiger partial charge on any atom is 0.335 e. The van der Waals surface area contributed by atoms with Crippen LogP contribution < -0.4 is 10.1 Å². The van der Waals surface area contributed by atoms with Crippen molar-refractivity contribution in [2.24, 2.45) is 0 Å². The molecule has 0 aliphatic carbocycles. The summed E-state index contributed by atoms with van der Waals surface area (Å²) in [5.41, 5.74) is 1.33. The molecule has 138 valence electrons. The summed E-state index contributed by atoms with van der Waals surface area (Å²) >= 11 is 6.02. The van der Waals surface area contributed by atoms with E-state index in [-0.39, 0.29) is 11.3 Å². The maximum atomic E-state index is 12.4. The first-order valence-corrected chi connectivity index (χ1v) is 9.41. The van der Waals surface area contributed by atoms with Gasteiger partial charge >= 0.3 is 5.97 Å². The third kappa shape index (κ3) is 5.06. The van der Waals surface area contributed by atoms with E-state index in [1.54, 1.807) is 37.3 Å². The van der Waals surface area contributed by atoms with Gasteiger partial charge < -0.3 is 15.2 Å². The second-order valence-electron chi connectivity index (χ2n) is 5.51. The lowest BCUT2D eigenvalue weighted by atomic mass is 10.1. The van der Waals surface area contributed by atoms with Crippen molar-refractivity contribution in [1.82, 2.24) is 0 Å². The van der Waals surface area contributed by atoms with Crippen molar-refractivity contribution < 1.29 is 23.6 Å². The molecule has 2 N–H and O–H groups in total. The SMILES string of the molecule is COc1ccc(NC(=O)C(C)S(=O)Cc2ccc(C(=O)O)cc2)cc1Cl. The number of carboxylic acid groups (broad SMARTS) is 1. The Balaban J connectivity index is 1.99. The fourth-order valence-electron chi connectivity index (χ4n) is 2.14. The van der Waals surface area contributed by atoms with E-state index >= 15 is 0 Å². The lowest BCUT2D eigenvalue weighted by molar-refractivity contribution is -0.115. The number of methoxy groups -OCH3 is 1. The van der Waals surface area contributed by atoms with Crippen molar-refractivity contribution in [3.63, 3.8) is 0 Å². The average Bonchev–Trinajstić information content (AvgIpc) is 2.61. The van der Waals surface area contributed by atoms with Crippen molar-refractivity contribution >= 4 is 40.0 Å². The predicted octanol–water partition coefficient (Wildman–Crippen LogP) is 3.32. The van der Waals surface area contributed by atoms with Gasteiger partial charge in [0.25, 0.3) is 0 Å². The average molecular weight is 396 g/mol. The van der Waals surface area contributed by atoms with Crippen molar-refractivity contribution in [2.75, 3.05) is 12.4 Å². The van der Waals surface area contributed by atoms with E-state index in [2.05, 4.69) is 5.32 Å². The summed E-state index contributed by atoms with van der Waals surface area (Å²) in [7, 11) is 0.0284. The molecule has 2 aromatic rings. The molecule has 0 aliphatic rings. The van der Waals surface area contributed by atoms with Crippen LogP contribution in [0.5, 0.6) is 5.75 Å². The van der Waals surface area contributed by atoms with Gasteiger partial charge in [0.2, 0.25) is 5.91 Å². The van der Waals surface area contributed by atoms with Crippen LogP contribution in [0.3, 0.4) is 0 Å². The molecule has 6 nitrogen and oxygen atoms in total. The molecule has 0 bridgehead atoms. The molecule has 0 spiro atoms. The number of carbonyl (C=O) groups is 2. The van der Waals surface area contributed by atoms with Gasteiger partial charge in [0, 0.05) is 22.2 Å². The molecule has 0 radical (unpaired) electrons. The normalized spacial score (nSPS) is 12.9. The molecule has 2 aromatic carbocycles. The van der Waals surface area contributed by atoms with E-state index in [1.807, 2.05) is 0 Å². The van der Waals surface area contributed by atoms with Gasteiger partial charge in [-0.05, 0) is 42.8 Å². The summed E-state index contributed by atoms with van der Waals surface area (Å²) in [5, 5.41) is 11.2. The lowest BCUT2D eigenvalue weighted by Gasteiger charge is -2.13. The zero-order valence-corrected chi connectivity index (χ0v) is 15.8. The Hall–Kier alpha value is -2.38. The van der Waals surface area contributed by atoms with Crippen LogP contribution in [-0.2, 0) is 21.3 Å². The van der Waals surface area contributed by atoms with Crippen molar-refractivity contribution in [3.05, 3.63) is 58.6 Å². The number of aromatic carboxylic acids is 1. The second-order valence-corrected chi connectivity index (χ2v) is 7.67. The van der Waals surface area contributed by atoms with E-state index in [1.165, 1.54) is 19.2 Å². The summed E-state index contributed by atoms with van der Waals surface area (Å²) in [6, 6.07) is 10.9. The first-order valence-electron chi connectivity index (χ1n) is 7.65. The topological polar surface area (TPSA) is 92.7 Å². The molecule has 0 fully saturated rings. The molecule has 2 unspecified atom stereocenters. The fourth-order valence-corrected chi connectivity index (χ4v) is 3.47. The van der Waals surface area contributed by atoms with Gasteiger partial charge in [-0.25, -0.2) is 4.79 Å². The minimum Gasteiger partial charge on any atom is -0.495 e. The zero-order valence-electron chi connectivity index (χ0n) is 14.2. The highest BCUT2D eigenvalue weighted by molar-refractivity contribution is 7.85. The van der Waals surface area contributed by atoms with Crippen LogP contribution in [0.4, 0.5) is 5.69 Å². The molecular weight excluding hydrogens is 378 g/mol. The van der Waals surface area contributed by atoms with Crippen LogP contribution in [0.25, 0.3) is 0 Å². The molecule has 0 saturated carbocycles. The van der Waals surface area contributed by atoms with Crippen molar-refractivity contribution in [1.29, 1.82) is 0 Å². The summed E-state index contributed by atoms with van der Waals surface area (Å²) in [6.07, 6.45) is 0. The largest absolute Gasteiger partial charge is 0.495 e. The number of benzene rings is 2. The van der Waals surface area contributed by atoms with Gasteiger partial charge in [-0.1, -0.05) is 23.7 Å². The third-order valence-corrected chi connectivity index (χ3v) is 5.61. The van der Waals surface area contributed by atoms with Crippen LogP contribution in [0, 0.1) is 0 Å². The zero-order chi connectivity index (χ0) is 19.3. The summed E-state index contributed by atoms with van der Waals surface area (Å²) in [5.74, 6) is -0.779. The molecule has 2 atom stereocenters. The smallest absolute Gasteiger partial charge is 0.335 e. The van der Waals surface area contributed by atoms with E-state index < -0.39 is 27.9 Å². The van der Waals surface area contributed by atoms with Gasteiger partial charge in [0.05, 0.1) is 17.7 Å². The lowest BCUT2D eigenvalue weighted by Crippen LogP contribution is -2.29. The Bertz CT molecular complexity index is 838. The molecule has 8 heteroatoms. The molecule has 0 aromatic heterocycles. The van der Waals surface area contributed by atoms with Crippen molar-refractivity contribution in [2.45, 2.75) is 17.9 Å². The number of ether oxygens (including phenoxy) is 1. The number of hydrogen-bond donors (Lipinski definition) is 2. The summed E-state index contributed by atoms with van der Waals surface area (Å²) < 4.78 is 17.5. The molecule has 2 rings (SSSR count). The van der Waals surface area contributed by atoms with Gasteiger partial charge in [-0.15, -0.1) is 0 Å². The highest BCUT2D eigenvalue weighted by Gasteiger charge is 2.21. The van der Waals surface area contributed by atoms with Crippen LogP contribution in [0.15, 0.2) is 42.5 Å². The minimum atomic E-state index is -1.47. The molecule has 0 saturated heterocycles. The Morgan fingerprint density at radius 3 is 2.42 bits per heavy atom. The number of nitrogens with one attached hydrogen (secondary N) is 1. The van der Waals surface area contributed by atoms with Gasteiger partial charge in [-0.3, -0.25) is 9.00 Å². The minimum absolute atomic E-state index is 0.151. The van der Waals surface area contributed by atoms with Gasteiger partial charge in [0.1, 0.15) is 11.0 Å². The number of carbonyl (C=O) groups excluding carboxylic acids is 1. The van der Waals surface area contributed by atoms with E-state index in [0.29, 0.717) is 22.0 Å². The van der Waals surface area contributed by atoms with E-state index in [4.69, 9.17) is 21.4 Å². The molecule has 26 heavy (non-hydrogen) atoms. The first kappa shape index (κ1) is 19.9. The standard InChI is InChI=1S/C18H18ClNO5S/c1-11(17(21)20-14-7-8-16(25-2)15(19)9-14)26(24)10-12-3-5-13(6-4-12)18(22)23/h3-9,11H,10H2,1-2H3,(H,20,21)(H,22,23). The first-order chi connectivity index (χ1) is 12.3. The maximum absolute atomic E-state index is 12.4. The highest BCUT2D eigenvalue weighted by atomic mass is 35.5. The van der Waals surface area contributed by atoms with Crippen molar-refractivity contribution in [3.8, 4) is 5.75 Å². The Kier molecular flexibility index (Phi) is 6.76. The number of anilines is 1. The molecule has 0 heterocycles. The molecule has 0 aliphatic heterocycles. The number of rotatable bonds is 7. The number of halogens is 1. The highest BCUT2D eigenvalue weighted by Crippen LogP contribution is 2.27. The number of hydrogen-bond acceptors (Lipinski definition) is 4. The number of carboxylic acids is 1. The summed E-state index contributed by atoms with van der Waals surface area (Å²) in [4.78, 5) is 23.1. The molecule has 1 amide bonds. The Morgan fingerprint density at radius 2 is 1.88 bits per heavy atom. The van der Waals surface area contributed by atoms with Gasteiger partial charge in [0.15, 0.2) is 0 Å². The Morgan fingerprint density at radius 1 is 1.23 bits per heavy atom. The summed E-state index contributed by atoms with van der Waals surface area (Å²) in [6.45, 7) is 1.57. The van der Waals surface area contributed by atoms with Crippen LogP contribution in [0.1, 0.15) is 22.8 Å². The van der Waals surface area contributed by atoms with E-state index in [9.17, 15) is 13.8 Å². The van der Waals surface area contributed by atoms with Crippen LogP contribution >= 0.6 is 11.6 Å². The monoisotopic (exact) mass is 395 g/mol. The third-order valence-electron chi connectivity index (χ3n) is 3.69. The number of amides is 1.